The number of hydrogen-bond donors (Lipinski definition) is 3. The van der Waals surface area contributed by atoms with Crippen LogP contribution < -0.4 is 10.1 Å². The van der Waals surface area contributed by atoms with Crippen LogP contribution in [0.25, 0.3) is 44.7 Å². The summed E-state index contributed by atoms with van der Waals surface area (Å²) in [5.41, 5.74) is 5.16. The third-order valence-corrected chi connectivity index (χ3v) is 13.2. The first kappa shape index (κ1) is 39.0. The van der Waals surface area contributed by atoms with Gasteiger partial charge >= 0.3 is 6.09 Å². The molecule has 3 N–H and O–H groups in total. The molecule has 2 amide bonds. The van der Waals surface area contributed by atoms with E-state index in [9.17, 15) is 9.59 Å². The SMILES string of the molecule is COCCc1ccc(C2Oc3cc(-c4cnc([C@@H]5CCCN5C(=O)C(NC(=O)OC)C(C)C)[nH]4)cc(F)c3-c3cc4cc(-c5cnc(C6CCCN6C)[nH]5)ccc4n32)s1. The molecule has 0 bridgehead atoms. The number of fused-ring (bicyclic) bond motifs is 5. The Hall–Kier alpha value is -5.51. The van der Waals surface area contributed by atoms with Crippen molar-refractivity contribution in [1.82, 2.24) is 39.6 Å². The number of nitrogens with one attached hydrogen (secondary N) is 3. The van der Waals surface area contributed by atoms with Crippen molar-refractivity contribution >= 4 is 34.2 Å². The standard InChI is InChI=1S/C44H49FN8O5S/c1-24(2)39(50-44(55)57-5)42(54)52-16-7-9-34(52)41-47-23-31(49-41)26-19-29(45)38-35-20-27-18-25(30-22-46-40(48-30)33-8-6-15-51(33)3)10-12-32(27)53(35)43(58-36(38)21-26)37-13-11-28(59-37)14-17-56-4/h10-13,18-24,33-34,39,43H,6-9,14-17H2,1-5H3,(H,46,48)(H,47,49)(H,50,55)/t33?,34-,39?,43?/m0/s1. The molecule has 15 heteroatoms. The van der Waals surface area contributed by atoms with Crippen molar-refractivity contribution in [2.45, 2.75) is 70.3 Å². The van der Waals surface area contributed by atoms with Crippen molar-refractivity contribution in [1.29, 1.82) is 0 Å². The van der Waals surface area contributed by atoms with Crippen molar-refractivity contribution in [3.63, 3.8) is 0 Å². The Labute approximate surface area is 345 Å². The third kappa shape index (κ3) is 7.18. The highest BCUT2D eigenvalue weighted by atomic mass is 32.1. The number of likely N-dealkylation sites (tertiary alicyclic amines) is 2. The van der Waals surface area contributed by atoms with Gasteiger partial charge in [-0.25, -0.2) is 19.2 Å². The number of amides is 2. The molecule has 0 aliphatic carbocycles. The third-order valence-electron chi connectivity index (χ3n) is 12.0. The fraction of sp³-hybridized carbons (Fsp3) is 0.409. The van der Waals surface area contributed by atoms with E-state index in [1.807, 2.05) is 26.1 Å². The second-order valence-electron chi connectivity index (χ2n) is 16.1. The molecular formula is C44H49FN8O5S. The minimum atomic E-state index is -0.749. The van der Waals surface area contributed by atoms with Crippen LogP contribution in [-0.2, 0) is 20.7 Å². The Morgan fingerprint density at radius 3 is 2.44 bits per heavy atom. The van der Waals surface area contributed by atoms with Crippen molar-refractivity contribution in [2.24, 2.45) is 5.92 Å². The Balaban J connectivity index is 1.07. The first-order valence-corrected chi connectivity index (χ1v) is 21.1. The normalized spacial score (nSPS) is 19.6. The van der Waals surface area contributed by atoms with Crippen molar-refractivity contribution in [3.05, 3.63) is 88.1 Å². The number of carbonyl (C=O) groups is 2. The summed E-state index contributed by atoms with van der Waals surface area (Å²) in [5.74, 6) is 1.23. The summed E-state index contributed by atoms with van der Waals surface area (Å²) in [6.45, 7) is 5.96. The monoisotopic (exact) mass is 820 g/mol. The predicted octanol–water partition coefficient (Wildman–Crippen LogP) is 8.23. The number of aromatic nitrogens is 5. The van der Waals surface area contributed by atoms with Crippen LogP contribution >= 0.6 is 11.3 Å². The number of benzene rings is 2. The van der Waals surface area contributed by atoms with Crippen molar-refractivity contribution in [3.8, 4) is 39.5 Å². The lowest BCUT2D eigenvalue weighted by atomic mass is 10.0. The van der Waals surface area contributed by atoms with Gasteiger partial charge in [-0.2, -0.15) is 0 Å². The molecule has 308 valence electrons. The zero-order valence-corrected chi connectivity index (χ0v) is 34.7. The number of methoxy groups -OCH3 is 2. The maximum Gasteiger partial charge on any atom is 0.407 e. The lowest BCUT2D eigenvalue weighted by Gasteiger charge is -2.30. The van der Waals surface area contributed by atoms with E-state index >= 15 is 4.39 Å². The quantitative estimate of drug-likeness (QED) is 0.119. The fourth-order valence-corrected chi connectivity index (χ4v) is 9.92. The molecule has 0 saturated carbocycles. The minimum absolute atomic E-state index is 0.155. The van der Waals surface area contributed by atoms with Gasteiger partial charge < -0.3 is 34.4 Å². The number of halogens is 1. The molecule has 2 saturated heterocycles. The lowest BCUT2D eigenvalue weighted by molar-refractivity contribution is -0.135. The summed E-state index contributed by atoms with van der Waals surface area (Å²) in [7, 11) is 5.12. The van der Waals surface area contributed by atoms with E-state index < -0.39 is 24.2 Å². The molecular weight excluding hydrogens is 772 g/mol. The summed E-state index contributed by atoms with van der Waals surface area (Å²) < 4.78 is 35.8. The molecule has 0 radical (unpaired) electrons. The number of nitrogens with zero attached hydrogens (tertiary/aromatic N) is 5. The molecule has 3 unspecified atom stereocenters. The van der Waals surface area contributed by atoms with Crippen LogP contribution in [-0.4, -0.2) is 93.3 Å². The summed E-state index contributed by atoms with van der Waals surface area (Å²) in [4.78, 5) is 48.5. The Morgan fingerprint density at radius 2 is 1.71 bits per heavy atom. The number of aromatic amines is 2. The molecule has 7 heterocycles. The zero-order chi connectivity index (χ0) is 40.9. The Kier molecular flexibility index (Phi) is 10.5. The smallest absolute Gasteiger partial charge is 0.407 e. The van der Waals surface area contributed by atoms with Crippen LogP contribution in [0.15, 0.2) is 60.9 Å². The average molecular weight is 821 g/mol. The molecule has 3 aliphatic heterocycles. The molecule has 3 aliphatic rings. The van der Waals surface area contributed by atoms with Gasteiger partial charge in [0, 0.05) is 41.5 Å². The van der Waals surface area contributed by atoms with Gasteiger partial charge in [0.1, 0.15) is 29.3 Å². The van der Waals surface area contributed by atoms with Gasteiger partial charge in [0.15, 0.2) is 0 Å². The molecule has 9 rings (SSSR count). The van der Waals surface area contributed by atoms with Crippen LogP contribution in [0.2, 0.25) is 0 Å². The molecule has 6 aromatic rings. The number of rotatable bonds is 11. The lowest BCUT2D eigenvalue weighted by Crippen LogP contribution is -2.51. The number of carbonyl (C=O) groups excluding carboxylic acids is 2. The van der Waals surface area contributed by atoms with E-state index in [2.05, 4.69) is 68.2 Å². The van der Waals surface area contributed by atoms with Gasteiger partial charge in [0.2, 0.25) is 12.1 Å². The average Bonchev–Trinajstić information content (AvgIpc) is 4.08. The zero-order valence-electron chi connectivity index (χ0n) is 33.9. The molecule has 2 aromatic carbocycles. The second-order valence-corrected chi connectivity index (χ2v) is 17.3. The Bertz CT molecular complexity index is 2520. The number of alkyl carbamates (subject to hydrolysis) is 1. The first-order chi connectivity index (χ1) is 28.6. The van der Waals surface area contributed by atoms with E-state index in [1.54, 1.807) is 29.5 Å². The summed E-state index contributed by atoms with van der Waals surface area (Å²) in [6.07, 6.45) is 6.88. The van der Waals surface area contributed by atoms with E-state index in [4.69, 9.17) is 24.2 Å². The molecule has 59 heavy (non-hydrogen) atoms. The summed E-state index contributed by atoms with van der Waals surface area (Å²) in [5, 5.41) is 3.65. The highest BCUT2D eigenvalue weighted by molar-refractivity contribution is 7.12. The molecule has 4 atom stereocenters. The van der Waals surface area contributed by atoms with Gasteiger partial charge in [-0.15, -0.1) is 11.3 Å². The number of ether oxygens (including phenoxy) is 3. The van der Waals surface area contributed by atoms with Gasteiger partial charge in [-0.1, -0.05) is 19.9 Å². The number of H-pyrrole nitrogens is 2. The van der Waals surface area contributed by atoms with Crippen LogP contribution in [0.3, 0.4) is 0 Å². The Morgan fingerprint density at radius 1 is 0.966 bits per heavy atom. The second kappa shape index (κ2) is 15.9. The maximum atomic E-state index is 16.7. The minimum Gasteiger partial charge on any atom is -0.464 e. The first-order valence-electron chi connectivity index (χ1n) is 20.3. The highest BCUT2D eigenvalue weighted by Gasteiger charge is 2.38. The molecule has 2 fully saturated rings. The molecule has 4 aromatic heterocycles. The van der Waals surface area contributed by atoms with Crippen LogP contribution in [0.4, 0.5) is 9.18 Å². The van der Waals surface area contributed by atoms with Crippen molar-refractivity contribution in [2.75, 3.05) is 41.0 Å². The van der Waals surface area contributed by atoms with Gasteiger partial charge in [0.25, 0.3) is 0 Å². The van der Waals surface area contributed by atoms with Gasteiger partial charge in [-0.05, 0) is 87.7 Å². The van der Waals surface area contributed by atoms with Crippen LogP contribution in [0.5, 0.6) is 5.75 Å². The van der Waals surface area contributed by atoms with Crippen LogP contribution in [0.1, 0.15) is 79.2 Å². The van der Waals surface area contributed by atoms with E-state index in [0.29, 0.717) is 48.0 Å². The number of imidazole rings is 2. The largest absolute Gasteiger partial charge is 0.464 e. The fourth-order valence-electron chi connectivity index (χ4n) is 8.90. The van der Waals surface area contributed by atoms with E-state index in [0.717, 1.165) is 70.8 Å². The summed E-state index contributed by atoms with van der Waals surface area (Å²) in [6, 6.07) is 15.1. The van der Waals surface area contributed by atoms with Gasteiger partial charge in [-0.3, -0.25) is 14.3 Å². The van der Waals surface area contributed by atoms with Crippen molar-refractivity contribution < 1.29 is 28.2 Å². The topological polar surface area (TPSA) is 143 Å². The highest BCUT2D eigenvalue weighted by Crippen LogP contribution is 2.48. The number of hydrogen-bond acceptors (Lipinski definition) is 9. The predicted molar refractivity (Wildman–Crippen MR) is 224 cm³/mol. The molecule has 13 nitrogen and oxygen atoms in total. The number of thiophene rings is 1. The maximum absolute atomic E-state index is 16.7. The van der Waals surface area contributed by atoms with E-state index in [-0.39, 0.29) is 23.9 Å². The summed E-state index contributed by atoms with van der Waals surface area (Å²) >= 11 is 1.66. The van der Waals surface area contributed by atoms with Gasteiger partial charge in [0.05, 0.1) is 71.2 Å². The molecule has 0 spiro atoms. The van der Waals surface area contributed by atoms with E-state index in [1.165, 1.54) is 18.1 Å². The van der Waals surface area contributed by atoms with Crippen LogP contribution in [0, 0.1) is 11.7 Å².